The topological polar surface area (TPSA) is 149 Å². The molecule has 0 saturated carbocycles. The largest absolute Gasteiger partial charge is 0.394 e. The van der Waals surface area contributed by atoms with E-state index in [9.17, 15) is 30.3 Å². The monoisotopic (exact) mass is 1030 g/mol. The third kappa shape index (κ3) is 42.4. The summed E-state index contributed by atoms with van der Waals surface area (Å²) in [6, 6.07) is -0.825. The van der Waals surface area contributed by atoms with Crippen LogP contribution >= 0.6 is 0 Å². The second-order valence-corrected chi connectivity index (χ2v) is 21.1. The van der Waals surface area contributed by atoms with Crippen molar-refractivity contribution in [2.75, 3.05) is 13.2 Å². The standard InChI is InChI=1S/C64H115NO8/c1-3-5-7-9-11-13-15-17-19-21-23-25-26-27-28-29-30-31-32-34-36-38-40-42-44-46-48-50-52-54-60(68)65-57(56-72-64-63(71)62(70)61(69)59(55-66)73-64)58(67)53-51-49-47-45-43-41-39-37-35-33-24-22-20-18-16-14-12-10-8-6-4-2/h5,7,11,13,17,19,23,25,43,45,51,53,57-59,61-64,66-67,69-71H,3-4,6,8-10,12,14-16,18,20-22,24,26-42,44,46-50,52,54-56H2,1-2H3,(H,65,68)/b7-5-,13-11-,19-17-,25-23-,45-43+,53-51+. The highest BCUT2D eigenvalue weighted by molar-refractivity contribution is 5.76. The Morgan fingerprint density at radius 3 is 1.32 bits per heavy atom. The number of aliphatic hydroxyl groups is 5. The van der Waals surface area contributed by atoms with Crippen LogP contribution in [0.4, 0.5) is 0 Å². The van der Waals surface area contributed by atoms with Gasteiger partial charge in [-0.1, -0.05) is 267 Å². The quantitative estimate of drug-likeness (QED) is 0.0261. The number of nitrogens with one attached hydrogen (secondary N) is 1. The fraction of sp³-hybridized carbons (Fsp3) is 0.797. The van der Waals surface area contributed by atoms with Crippen LogP contribution in [0.1, 0.15) is 271 Å². The highest BCUT2D eigenvalue weighted by Gasteiger charge is 2.44. The minimum Gasteiger partial charge on any atom is -0.394 e. The number of allylic oxidation sites excluding steroid dienone is 11. The summed E-state index contributed by atoms with van der Waals surface area (Å²) in [6.45, 7) is 3.67. The molecule has 6 N–H and O–H groups in total. The molecule has 7 atom stereocenters. The Morgan fingerprint density at radius 2 is 0.863 bits per heavy atom. The van der Waals surface area contributed by atoms with Crippen LogP contribution in [0.5, 0.6) is 0 Å². The summed E-state index contributed by atoms with van der Waals surface area (Å²) in [5.41, 5.74) is 0. The molecule has 73 heavy (non-hydrogen) atoms. The molecule has 1 aliphatic rings. The van der Waals surface area contributed by atoms with Crippen molar-refractivity contribution in [3.8, 4) is 0 Å². The van der Waals surface area contributed by atoms with E-state index in [-0.39, 0.29) is 12.5 Å². The molecule has 0 radical (unpaired) electrons. The Balaban J connectivity index is 2.20. The van der Waals surface area contributed by atoms with Crippen LogP contribution in [0.3, 0.4) is 0 Å². The number of carbonyl (C=O) groups is 1. The molecule has 0 spiro atoms. The number of unbranched alkanes of at least 4 members (excludes halogenated alkanes) is 32. The van der Waals surface area contributed by atoms with E-state index >= 15 is 0 Å². The average molecular weight is 1030 g/mol. The molecule has 7 unspecified atom stereocenters. The summed E-state index contributed by atoms with van der Waals surface area (Å²) in [4.78, 5) is 13.1. The Kier molecular flexibility index (Phi) is 49.9. The molecule has 1 rings (SSSR count). The van der Waals surface area contributed by atoms with E-state index in [1.54, 1.807) is 6.08 Å². The normalized spacial score (nSPS) is 19.6. The van der Waals surface area contributed by atoms with Gasteiger partial charge in [0.25, 0.3) is 0 Å². The van der Waals surface area contributed by atoms with E-state index in [0.29, 0.717) is 6.42 Å². The van der Waals surface area contributed by atoms with Crippen LogP contribution in [0.25, 0.3) is 0 Å². The summed E-state index contributed by atoms with van der Waals surface area (Å²) < 4.78 is 11.3. The molecule has 1 fully saturated rings. The zero-order valence-electron chi connectivity index (χ0n) is 47.1. The first-order chi connectivity index (χ1) is 35.8. The number of ether oxygens (including phenoxy) is 2. The van der Waals surface area contributed by atoms with Crippen LogP contribution in [-0.4, -0.2) is 87.5 Å². The number of amides is 1. The van der Waals surface area contributed by atoms with E-state index in [4.69, 9.17) is 9.47 Å². The van der Waals surface area contributed by atoms with Crippen LogP contribution < -0.4 is 5.32 Å². The molecule has 1 aliphatic heterocycles. The van der Waals surface area contributed by atoms with E-state index in [1.807, 2.05) is 6.08 Å². The molecule has 1 saturated heterocycles. The molecule has 9 heteroatoms. The summed E-state index contributed by atoms with van der Waals surface area (Å²) >= 11 is 0. The number of hydrogen-bond acceptors (Lipinski definition) is 8. The van der Waals surface area contributed by atoms with E-state index in [0.717, 1.165) is 64.2 Å². The van der Waals surface area contributed by atoms with Gasteiger partial charge in [-0.15, -0.1) is 0 Å². The molecule has 0 aliphatic carbocycles. The van der Waals surface area contributed by atoms with Gasteiger partial charge in [0.1, 0.15) is 24.4 Å². The van der Waals surface area contributed by atoms with Crippen LogP contribution in [0.15, 0.2) is 72.9 Å². The average Bonchev–Trinajstić information content (AvgIpc) is 3.39. The first-order valence-corrected chi connectivity index (χ1v) is 30.7. The maximum atomic E-state index is 13.1. The van der Waals surface area contributed by atoms with Crippen molar-refractivity contribution >= 4 is 5.91 Å². The highest BCUT2D eigenvalue weighted by atomic mass is 16.7. The van der Waals surface area contributed by atoms with Crippen LogP contribution in [0, 0.1) is 0 Å². The van der Waals surface area contributed by atoms with Gasteiger partial charge in [0.05, 0.1) is 25.4 Å². The summed E-state index contributed by atoms with van der Waals surface area (Å²) in [5, 5.41) is 54.6. The van der Waals surface area contributed by atoms with Crippen molar-refractivity contribution in [1.82, 2.24) is 5.32 Å². The van der Waals surface area contributed by atoms with Gasteiger partial charge < -0.3 is 40.3 Å². The van der Waals surface area contributed by atoms with Gasteiger partial charge in [0, 0.05) is 6.42 Å². The summed E-state index contributed by atoms with van der Waals surface area (Å²) in [7, 11) is 0. The third-order valence-electron chi connectivity index (χ3n) is 14.3. The maximum absolute atomic E-state index is 13.1. The van der Waals surface area contributed by atoms with Gasteiger partial charge in [-0.25, -0.2) is 0 Å². The van der Waals surface area contributed by atoms with Gasteiger partial charge in [0.2, 0.25) is 5.91 Å². The maximum Gasteiger partial charge on any atom is 0.220 e. The number of hydrogen-bond donors (Lipinski definition) is 6. The molecule has 0 bridgehead atoms. The number of aliphatic hydroxyl groups excluding tert-OH is 5. The molecular formula is C64H115NO8. The third-order valence-corrected chi connectivity index (χ3v) is 14.3. The van der Waals surface area contributed by atoms with Crippen molar-refractivity contribution < 1.29 is 39.8 Å². The smallest absolute Gasteiger partial charge is 0.220 e. The Morgan fingerprint density at radius 1 is 0.479 bits per heavy atom. The van der Waals surface area contributed by atoms with Gasteiger partial charge in [-0.05, 0) is 70.6 Å². The molecule has 0 aromatic heterocycles. The van der Waals surface area contributed by atoms with Gasteiger partial charge in [-0.3, -0.25) is 4.79 Å². The molecule has 0 aromatic rings. The minimum atomic E-state index is -1.57. The lowest BCUT2D eigenvalue weighted by Crippen LogP contribution is -2.60. The molecule has 1 amide bonds. The molecule has 424 valence electrons. The lowest BCUT2D eigenvalue weighted by molar-refractivity contribution is -0.302. The van der Waals surface area contributed by atoms with E-state index < -0.39 is 49.5 Å². The molecule has 1 heterocycles. The van der Waals surface area contributed by atoms with E-state index in [1.165, 1.54) is 186 Å². The van der Waals surface area contributed by atoms with Gasteiger partial charge in [0.15, 0.2) is 6.29 Å². The van der Waals surface area contributed by atoms with Crippen LogP contribution in [-0.2, 0) is 14.3 Å². The molecule has 9 nitrogen and oxygen atoms in total. The second-order valence-electron chi connectivity index (χ2n) is 21.1. The SMILES string of the molecule is CC/C=C\C/C=C\C/C=C\C/C=C\CCCCCCCCCCCCCCCCCCC(=O)NC(COC1OC(CO)C(O)C(O)C1O)C(O)/C=C/CC/C=C/CCCCCCCCCCCCCCCCC. The lowest BCUT2D eigenvalue weighted by atomic mass is 9.99. The van der Waals surface area contributed by atoms with Gasteiger partial charge in [-0.2, -0.15) is 0 Å². The molecular weight excluding hydrogens is 911 g/mol. The minimum absolute atomic E-state index is 0.186. The Labute approximate surface area is 448 Å². The summed E-state index contributed by atoms with van der Waals surface area (Å²) in [6.07, 6.45) is 66.9. The van der Waals surface area contributed by atoms with Gasteiger partial charge >= 0.3 is 0 Å². The fourth-order valence-electron chi connectivity index (χ4n) is 9.46. The van der Waals surface area contributed by atoms with Crippen LogP contribution in [0.2, 0.25) is 0 Å². The first kappa shape index (κ1) is 68.6. The Bertz CT molecular complexity index is 1380. The zero-order valence-corrected chi connectivity index (χ0v) is 47.1. The first-order valence-electron chi connectivity index (χ1n) is 30.7. The van der Waals surface area contributed by atoms with Crippen molar-refractivity contribution in [1.29, 1.82) is 0 Å². The Hall–Kier alpha value is -2.37. The van der Waals surface area contributed by atoms with Crippen molar-refractivity contribution in [2.24, 2.45) is 0 Å². The van der Waals surface area contributed by atoms with Crippen molar-refractivity contribution in [3.05, 3.63) is 72.9 Å². The number of carbonyl (C=O) groups excluding carboxylic acids is 1. The van der Waals surface area contributed by atoms with E-state index in [2.05, 4.69) is 79.9 Å². The number of rotatable bonds is 52. The predicted molar refractivity (Wildman–Crippen MR) is 309 cm³/mol. The molecule has 0 aromatic carbocycles. The predicted octanol–water partition coefficient (Wildman–Crippen LogP) is 15.6. The summed E-state index contributed by atoms with van der Waals surface area (Å²) in [5.74, 6) is -0.186. The lowest BCUT2D eigenvalue weighted by Gasteiger charge is -2.40. The van der Waals surface area contributed by atoms with Crippen molar-refractivity contribution in [3.63, 3.8) is 0 Å². The fourth-order valence-corrected chi connectivity index (χ4v) is 9.46. The second kappa shape index (κ2) is 53.0. The van der Waals surface area contributed by atoms with Crippen molar-refractivity contribution in [2.45, 2.75) is 314 Å². The highest BCUT2D eigenvalue weighted by Crippen LogP contribution is 2.23. The zero-order chi connectivity index (χ0) is 52.9.